The molecule has 9 heteroatoms. The molecule has 3 rings (SSSR count). The molecule has 3 amide bonds. The maximum absolute atomic E-state index is 12.0. The fraction of sp³-hybridized carbons (Fsp3) is 0.111. The smallest absolute Gasteiger partial charge is 0.319 e. The van der Waals surface area contributed by atoms with E-state index in [-0.39, 0.29) is 24.9 Å². The van der Waals surface area contributed by atoms with Crippen LogP contribution in [0.5, 0.6) is 0 Å². The summed E-state index contributed by atoms with van der Waals surface area (Å²) in [6, 6.07) is 12.4. The second-order valence-corrected chi connectivity index (χ2v) is 7.21. The molecule has 7 nitrogen and oxygen atoms in total. The molecule has 0 aliphatic rings. The molecule has 138 valence electrons. The number of nitrogens with one attached hydrogen (secondary N) is 3. The molecule has 0 atom stereocenters. The molecule has 0 fully saturated rings. The zero-order chi connectivity index (χ0) is 19.1. The highest BCUT2D eigenvalue weighted by atomic mass is 79.9. The molecular formula is C18H16BrN5O2S. The third kappa shape index (κ3) is 5.87. The topological polar surface area (TPSA) is 96.0 Å². The lowest BCUT2D eigenvalue weighted by Crippen LogP contribution is -2.31. The molecule has 0 saturated carbocycles. The number of anilines is 2. The Morgan fingerprint density at radius 2 is 1.85 bits per heavy atom. The molecule has 1 aromatic carbocycles. The van der Waals surface area contributed by atoms with E-state index in [1.807, 2.05) is 35.7 Å². The van der Waals surface area contributed by atoms with Gasteiger partial charge in [-0.05, 0) is 36.4 Å². The zero-order valence-electron chi connectivity index (χ0n) is 14.1. The molecular weight excluding hydrogens is 430 g/mol. The zero-order valence-corrected chi connectivity index (χ0v) is 16.5. The first kappa shape index (κ1) is 19.0. The first-order chi connectivity index (χ1) is 13.1. The molecule has 0 aliphatic heterocycles. The minimum atomic E-state index is -0.364. The lowest BCUT2D eigenvalue weighted by Gasteiger charge is -2.07. The van der Waals surface area contributed by atoms with E-state index in [1.165, 1.54) is 11.3 Å². The summed E-state index contributed by atoms with van der Waals surface area (Å²) in [4.78, 5) is 32.4. The van der Waals surface area contributed by atoms with Crippen LogP contribution in [0, 0.1) is 0 Å². The van der Waals surface area contributed by atoms with Crippen molar-refractivity contribution in [2.24, 2.45) is 0 Å². The van der Waals surface area contributed by atoms with Crippen molar-refractivity contribution in [3.05, 3.63) is 58.5 Å². The Morgan fingerprint density at radius 1 is 1.04 bits per heavy atom. The number of aromatic nitrogens is 2. The number of amides is 3. The Hall–Kier alpha value is -2.78. The van der Waals surface area contributed by atoms with Gasteiger partial charge < -0.3 is 16.0 Å². The summed E-state index contributed by atoms with van der Waals surface area (Å²) in [5, 5.41) is 10.4. The maximum atomic E-state index is 12.0. The van der Waals surface area contributed by atoms with Crippen molar-refractivity contribution < 1.29 is 9.59 Å². The number of halogens is 1. The van der Waals surface area contributed by atoms with E-state index >= 15 is 0 Å². The maximum Gasteiger partial charge on any atom is 0.319 e. The molecule has 0 radical (unpaired) electrons. The summed E-state index contributed by atoms with van der Waals surface area (Å²) in [6.45, 7) is 0.215. The van der Waals surface area contributed by atoms with E-state index in [2.05, 4.69) is 41.8 Å². The van der Waals surface area contributed by atoms with Gasteiger partial charge >= 0.3 is 6.03 Å². The number of hydrogen-bond donors (Lipinski definition) is 3. The average Bonchev–Trinajstić information content (AvgIpc) is 3.13. The predicted molar refractivity (Wildman–Crippen MR) is 110 cm³/mol. The number of nitrogens with zero attached hydrogens (tertiary/aromatic N) is 2. The largest absolute Gasteiger partial charge is 0.337 e. The van der Waals surface area contributed by atoms with Gasteiger partial charge in [-0.2, -0.15) is 0 Å². The summed E-state index contributed by atoms with van der Waals surface area (Å²) < 4.78 is 0.929. The van der Waals surface area contributed by atoms with Crippen molar-refractivity contribution in [1.82, 2.24) is 15.3 Å². The number of carbonyl (C=O) groups is 2. The minimum absolute atomic E-state index is 0.145. The molecule has 0 aliphatic carbocycles. The monoisotopic (exact) mass is 445 g/mol. The first-order valence-corrected chi connectivity index (χ1v) is 9.74. The second-order valence-electron chi connectivity index (χ2n) is 5.44. The standard InChI is InChI=1S/C18H16BrN5O2S/c19-12-4-6-13(7-5-12)22-17(26)21-10-8-16(25)24-18-23-15(11-27-18)14-3-1-2-9-20-14/h1-7,9,11H,8,10H2,(H2,21,22,26)(H,23,24,25). The number of hydrogen-bond acceptors (Lipinski definition) is 5. The normalized spacial score (nSPS) is 10.3. The van der Waals surface area contributed by atoms with Crippen LogP contribution >= 0.6 is 27.3 Å². The van der Waals surface area contributed by atoms with E-state index in [9.17, 15) is 9.59 Å². The Kier molecular flexibility index (Phi) is 6.50. The van der Waals surface area contributed by atoms with Crippen molar-refractivity contribution >= 4 is 50.0 Å². The van der Waals surface area contributed by atoms with E-state index in [4.69, 9.17) is 0 Å². The fourth-order valence-corrected chi connectivity index (χ4v) is 3.13. The molecule has 0 unspecified atom stereocenters. The molecule has 0 spiro atoms. The van der Waals surface area contributed by atoms with E-state index in [0.29, 0.717) is 16.5 Å². The third-order valence-electron chi connectivity index (χ3n) is 3.42. The van der Waals surface area contributed by atoms with Gasteiger partial charge in [0.05, 0.1) is 5.69 Å². The van der Waals surface area contributed by atoms with E-state index in [0.717, 1.165) is 10.2 Å². The van der Waals surface area contributed by atoms with Gasteiger partial charge in [-0.3, -0.25) is 9.78 Å². The van der Waals surface area contributed by atoms with Crippen LogP contribution in [0.3, 0.4) is 0 Å². The minimum Gasteiger partial charge on any atom is -0.337 e. The Bertz CT molecular complexity index is 915. The van der Waals surface area contributed by atoms with Gasteiger partial charge in [0, 0.05) is 34.7 Å². The first-order valence-electron chi connectivity index (χ1n) is 8.07. The van der Waals surface area contributed by atoms with Gasteiger partial charge in [0.2, 0.25) is 5.91 Å². The van der Waals surface area contributed by atoms with Crippen LogP contribution in [-0.4, -0.2) is 28.5 Å². The van der Waals surface area contributed by atoms with Gasteiger partial charge in [0.1, 0.15) is 5.69 Å². The van der Waals surface area contributed by atoms with Crippen LogP contribution in [0.25, 0.3) is 11.4 Å². The van der Waals surface area contributed by atoms with Crippen LogP contribution in [0.4, 0.5) is 15.6 Å². The van der Waals surface area contributed by atoms with E-state index in [1.54, 1.807) is 18.3 Å². The second kappa shape index (κ2) is 9.24. The van der Waals surface area contributed by atoms with Crippen molar-refractivity contribution in [1.29, 1.82) is 0 Å². The molecule has 0 bridgehead atoms. The number of pyridine rings is 1. The molecule has 2 aromatic heterocycles. The van der Waals surface area contributed by atoms with Crippen LogP contribution in [0.1, 0.15) is 6.42 Å². The quantitative estimate of drug-likeness (QED) is 0.531. The highest BCUT2D eigenvalue weighted by molar-refractivity contribution is 9.10. The summed E-state index contributed by atoms with van der Waals surface area (Å²) in [5.74, 6) is -0.221. The van der Waals surface area contributed by atoms with E-state index < -0.39 is 0 Å². The van der Waals surface area contributed by atoms with Crippen molar-refractivity contribution in [2.45, 2.75) is 6.42 Å². The molecule has 0 saturated heterocycles. The third-order valence-corrected chi connectivity index (χ3v) is 4.70. The lowest BCUT2D eigenvalue weighted by atomic mass is 10.3. The van der Waals surface area contributed by atoms with Gasteiger partial charge in [-0.15, -0.1) is 11.3 Å². The summed E-state index contributed by atoms with van der Waals surface area (Å²) >= 11 is 4.66. The number of thiazole rings is 1. The summed E-state index contributed by atoms with van der Waals surface area (Å²) in [6.07, 6.45) is 1.84. The van der Waals surface area contributed by atoms with Gasteiger partial charge in [0.15, 0.2) is 5.13 Å². The van der Waals surface area contributed by atoms with Crippen LogP contribution in [-0.2, 0) is 4.79 Å². The molecule has 2 heterocycles. The SMILES string of the molecule is O=C(CCNC(=O)Nc1ccc(Br)cc1)Nc1nc(-c2ccccn2)cs1. The van der Waals surface area contributed by atoms with Gasteiger partial charge in [-0.25, -0.2) is 9.78 Å². The Morgan fingerprint density at radius 3 is 2.59 bits per heavy atom. The summed E-state index contributed by atoms with van der Waals surface area (Å²) in [5.41, 5.74) is 2.13. The number of urea groups is 1. The molecule has 3 N–H and O–H groups in total. The highest BCUT2D eigenvalue weighted by Crippen LogP contribution is 2.23. The molecule has 3 aromatic rings. The summed E-state index contributed by atoms with van der Waals surface area (Å²) in [7, 11) is 0. The Labute approximate surface area is 168 Å². The highest BCUT2D eigenvalue weighted by Gasteiger charge is 2.09. The van der Waals surface area contributed by atoms with Crippen LogP contribution in [0.2, 0.25) is 0 Å². The number of rotatable bonds is 6. The number of benzene rings is 1. The fourth-order valence-electron chi connectivity index (χ4n) is 2.14. The molecule has 27 heavy (non-hydrogen) atoms. The van der Waals surface area contributed by atoms with Crippen LogP contribution < -0.4 is 16.0 Å². The van der Waals surface area contributed by atoms with Gasteiger partial charge in [0.25, 0.3) is 0 Å². The average molecular weight is 446 g/mol. The lowest BCUT2D eigenvalue weighted by molar-refractivity contribution is -0.116. The van der Waals surface area contributed by atoms with Crippen molar-refractivity contribution in [3.63, 3.8) is 0 Å². The Balaban J connectivity index is 1.41. The van der Waals surface area contributed by atoms with Crippen molar-refractivity contribution in [3.8, 4) is 11.4 Å². The predicted octanol–water partition coefficient (Wildman–Crippen LogP) is 4.12. The van der Waals surface area contributed by atoms with Crippen LogP contribution in [0.15, 0.2) is 58.5 Å². The van der Waals surface area contributed by atoms with Gasteiger partial charge in [-0.1, -0.05) is 22.0 Å². The number of carbonyl (C=O) groups excluding carboxylic acids is 2. The van der Waals surface area contributed by atoms with Crippen molar-refractivity contribution in [2.75, 3.05) is 17.2 Å².